The van der Waals surface area contributed by atoms with Crippen molar-refractivity contribution < 1.29 is 0 Å². The zero-order chi connectivity index (χ0) is 6.73. The summed E-state index contributed by atoms with van der Waals surface area (Å²) in [5, 5.41) is 0. The average molecular weight is 206 g/mol. The van der Waals surface area contributed by atoms with Crippen molar-refractivity contribution >= 4 is 34.2 Å². The third kappa shape index (κ3) is 7.08. The van der Waals surface area contributed by atoms with E-state index in [0.717, 1.165) is 0 Å². The fourth-order valence-corrected chi connectivity index (χ4v) is 0.596. The molecule has 0 amide bonds. The van der Waals surface area contributed by atoms with E-state index < -0.39 is 0 Å². The molecule has 0 fully saturated rings. The van der Waals surface area contributed by atoms with Crippen LogP contribution in [0.5, 0.6) is 0 Å². The number of hydrogen-bond acceptors (Lipinski definition) is 1. The quantitative estimate of drug-likeness (QED) is 0.628. The topological polar surface area (TPSA) is 3.24 Å². The molecular weight excluding hydrogens is 188 g/mol. The maximum atomic E-state index is 2.72. The molecule has 0 bridgehead atoms. The van der Waals surface area contributed by atoms with Crippen LogP contribution in [0.4, 0.5) is 0 Å². The van der Waals surface area contributed by atoms with E-state index in [2.05, 4.69) is 41.8 Å². The van der Waals surface area contributed by atoms with Crippen LogP contribution in [0.2, 0.25) is 0 Å². The Bertz CT molecular complexity index is 60.8. The fraction of sp³-hybridized carbons (Fsp3) is 1.00. The second-order valence-electron chi connectivity index (χ2n) is 2.63. The molecule has 0 heterocycles. The minimum atomic E-state index is 0. The van der Waals surface area contributed by atoms with Crippen molar-refractivity contribution in [3.8, 4) is 0 Å². The maximum absolute atomic E-state index is 2.72. The summed E-state index contributed by atoms with van der Waals surface area (Å²) < 4.78 is 2.25. The standard InChI is InChI=1S/C6H16NP.2ClH/c1-5(2)7(8)6(3)4;;/h5-6H,8H2,1-4H3;2*1H. The smallest absolute Gasteiger partial charge is 0.00754 e. The van der Waals surface area contributed by atoms with Gasteiger partial charge < -0.3 is 0 Å². The first-order valence-electron chi connectivity index (χ1n) is 3.08. The second kappa shape index (κ2) is 8.07. The van der Waals surface area contributed by atoms with E-state index in [0.29, 0.717) is 12.1 Å². The molecule has 0 N–H and O–H groups in total. The van der Waals surface area contributed by atoms with E-state index in [-0.39, 0.29) is 24.8 Å². The van der Waals surface area contributed by atoms with Crippen molar-refractivity contribution in [1.82, 2.24) is 4.67 Å². The van der Waals surface area contributed by atoms with Gasteiger partial charge in [-0.3, -0.25) is 4.67 Å². The van der Waals surface area contributed by atoms with Crippen molar-refractivity contribution in [2.75, 3.05) is 0 Å². The van der Waals surface area contributed by atoms with Crippen molar-refractivity contribution in [2.24, 2.45) is 0 Å². The largest absolute Gasteiger partial charge is 0.282 e. The predicted molar refractivity (Wildman–Crippen MR) is 56.3 cm³/mol. The lowest BCUT2D eigenvalue weighted by molar-refractivity contribution is 0.334. The Kier molecular flexibility index (Phi) is 13.9. The molecule has 66 valence electrons. The second-order valence-corrected chi connectivity index (χ2v) is 3.23. The van der Waals surface area contributed by atoms with Crippen molar-refractivity contribution in [3.63, 3.8) is 0 Å². The summed E-state index contributed by atoms with van der Waals surface area (Å²) in [5.41, 5.74) is 0. The molecule has 0 saturated heterocycles. The lowest BCUT2D eigenvalue weighted by Gasteiger charge is -2.24. The highest BCUT2D eigenvalue weighted by Gasteiger charge is 2.05. The highest BCUT2D eigenvalue weighted by molar-refractivity contribution is 7.13. The Morgan fingerprint density at radius 1 is 0.900 bits per heavy atom. The van der Waals surface area contributed by atoms with Gasteiger partial charge in [0.05, 0.1) is 0 Å². The Balaban J connectivity index is -0.000000245. The molecule has 0 spiro atoms. The molecule has 0 saturated carbocycles. The number of halogens is 2. The molecular formula is C6H18Cl2NP. The molecule has 0 aliphatic rings. The van der Waals surface area contributed by atoms with Gasteiger partial charge in [-0.05, 0) is 27.7 Å². The predicted octanol–water partition coefficient (Wildman–Crippen LogP) is 2.74. The first-order valence-corrected chi connectivity index (χ1v) is 3.60. The van der Waals surface area contributed by atoms with E-state index >= 15 is 0 Å². The third-order valence-electron chi connectivity index (χ3n) is 1.19. The van der Waals surface area contributed by atoms with Gasteiger partial charge in [0.25, 0.3) is 0 Å². The Morgan fingerprint density at radius 3 is 1.10 bits per heavy atom. The normalized spacial score (nSPS) is 9.60. The van der Waals surface area contributed by atoms with Gasteiger partial charge in [0.2, 0.25) is 0 Å². The summed E-state index contributed by atoms with van der Waals surface area (Å²) in [5.74, 6) is 0. The van der Waals surface area contributed by atoms with Crippen molar-refractivity contribution in [3.05, 3.63) is 0 Å². The van der Waals surface area contributed by atoms with Crippen LogP contribution in [0.15, 0.2) is 0 Å². The molecule has 0 aromatic carbocycles. The molecule has 0 aromatic heterocycles. The van der Waals surface area contributed by atoms with E-state index in [1.54, 1.807) is 0 Å². The molecule has 1 nitrogen and oxygen atoms in total. The van der Waals surface area contributed by atoms with Gasteiger partial charge in [-0.1, -0.05) is 9.39 Å². The Hall–Kier alpha value is 0.970. The highest BCUT2D eigenvalue weighted by Crippen LogP contribution is 2.09. The molecule has 10 heavy (non-hydrogen) atoms. The van der Waals surface area contributed by atoms with Crippen molar-refractivity contribution in [2.45, 2.75) is 39.8 Å². The van der Waals surface area contributed by atoms with Gasteiger partial charge in [0.15, 0.2) is 0 Å². The van der Waals surface area contributed by atoms with E-state index in [4.69, 9.17) is 0 Å². The van der Waals surface area contributed by atoms with Gasteiger partial charge in [0.1, 0.15) is 0 Å². The van der Waals surface area contributed by atoms with Gasteiger partial charge in [-0.2, -0.15) is 0 Å². The molecule has 0 aliphatic carbocycles. The SMILES string of the molecule is CC(C)N(P)C(C)C.Cl.Cl. The Labute approximate surface area is 79.0 Å². The van der Waals surface area contributed by atoms with E-state index in [9.17, 15) is 0 Å². The zero-order valence-corrected chi connectivity index (χ0v) is 9.78. The van der Waals surface area contributed by atoms with Gasteiger partial charge in [-0.25, -0.2) is 0 Å². The lowest BCUT2D eigenvalue weighted by atomic mass is 10.3. The summed E-state index contributed by atoms with van der Waals surface area (Å²) in [6, 6.07) is 1.28. The maximum Gasteiger partial charge on any atom is 0.00754 e. The number of nitrogens with zero attached hydrogens (tertiary/aromatic N) is 1. The zero-order valence-electron chi connectivity index (χ0n) is 7.00. The van der Waals surface area contributed by atoms with Crippen LogP contribution in [0, 0.1) is 0 Å². The summed E-state index contributed by atoms with van der Waals surface area (Å²) >= 11 is 0. The van der Waals surface area contributed by atoms with Crippen LogP contribution < -0.4 is 0 Å². The Morgan fingerprint density at radius 2 is 1.10 bits per heavy atom. The van der Waals surface area contributed by atoms with Crippen LogP contribution in [-0.4, -0.2) is 16.8 Å². The summed E-state index contributed by atoms with van der Waals surface area (Å²) in [6.45, 7) is 8.75. The monoisotopic (exact) mass is 205 g/mol. The molecule has 0 aromatic rings. The van der Waals surface area contributed by atoms with Gasteiger partial charge >= 0.3 is 0 Å². The lowest BCUT2D eigenvalue weighted by Crippen LogP contribution is -2.26. The molecule has 0 rings (SSSR count). The number of rotatable bonds is 2. The van der Waals surface area contributed by atoms with Crippen LogP contribution in [-0.2, 0) is 0 Å². The van der Waals surface area contributed by atoms with E-state index in [1.807, 2.05) is 0 Å². The van der Waals surface area contributed by atoms with Gasteiger partial charge in [0, 0.05) is 12.1 Å². The number of hydrogen-bond donors (Lipinski definition) is 0. The fourth-order valence-electron chi connectivity index (χ4n) is 0.596. The molecule has 0 aliphatic heterocycles. The summed E-state index contributed by atoms with van der Waals surface area (Å²) in [4.78, 5) is 0. The first-order chi connectivity index (χ1) is 3.55. The molecule has 1 unspecified atom stereocenters. The summed E-state index contributed by atoms with van der Waals surface area (Å²) in [6.07, 6.45) is 0. The molecule has 1 atom stereocenters. The van der Waals surface area contributed by atoms with Crippen LogP contribution in [0.1, 0.15) is 27.7 Å². The first kappa shape index (κ1) is 17.2. The summed E-state index contributed by atoms with van der Waals surface area (Å²) in [7, 11) is 2.72. The van der Waals surface area contributed by atoms with Crippen LogP contribution >= 0.6 is 34.2 Å². The van der Waals surface area contributed by atoms with Crippen LogP contribution in [0.25, 0.3) is 0 Å². The van der Waals surface area contributed by atoms with E-state index in [1.165, 1.54) is 0 Å². The minimum Gasteiger partial charge on any atom is -0.282 e. The van der Waals surface area contributed by atoms with Crippen LogP contribution in [0.3, 0.4) is 0 Å². The average Bonchev–Trinajstić information content (AvgIpc) is 1.64. The minimum absolute atomic E-state index is 0. The molecule has 0 radical (unpaired) electrons. The molecule has 4 heteroatoms. The van der Waals surface area contributed by atoms with Gasteiger partial charge in [-0.15, -0.1) is 24.8 Å². The third-order valence-corrected chi connectivity index (χ3v) is 2.39. The van der Waals surface area contributed by atoms with Crippen molar-refractivity contribution in [1.29, 1.82) is 0 Å². The highest BCUT2D eigenvalue weighted by atomic mass is 35.5.